The van der Waals surface area contributed by atoms with Crippen molar-refractivity contribution in [3.63, 3.8) is 0 Å². The fourth-order valence-corrected chi connectivity index (χ4v) is 2.11. The van der Waals surface area contributed by atoms with Crippen molar-refractivity contribution in [3.05, 3.63) is 0 Å². The van der Waals surface area contributed by atoms with Crippen LogP contribution in [0.4, 0.5) is 0 Å². The Hall–Kier alpha value is -2.69. The molecule has 4 atom stereocenters. The van der Waals surface area contributed by atoms with Gasteiger partial charge in [-0.1, -0.05) is 20.3 Å². The summed E-state index contributed by atoms with van der Waals surface area (Å²) in [6, 6.07) is -3.71. The zero-order chi connectivity index (χ0) is 21.1. The van der Waals surface area contributed by atoms with Crippen LogP contribution in [0.1, 0.15) is 46.0 Å². The fraction of sp³-hybridized carbons (Fsp3) is 0.688. The predicted molar refractivity (Wildman–Crippen MR) is 92.7 cm³/mol. The minimum atomic E-state index is -1.49. The van der Waals surface area contributed by atoms with E-state index in [1.54, 1.807) is 6.92 Å². The second kappa shape index (κ2) is 11.8. The van der Waals surface area contributed by atoms with Gasteiger partial charge in [-0.05, 0) is 18.8 Å². The van der Waals surface area contributed by atoms with Gasteiger partial charge in [0, 0.05) is 12.8 Å². The highest BCUT2D eigenvalue weighted by molar-refractivity contribution is 5.92. The topological polar surface area (TPSA) is 196 Å². The number of carboxylic acid groups (broad SMARTS) is 3. The van der Waals surface area contributed by atoms with Crippen LogP contribution in [-0.4, -0.2) is 63.2 Å². The minimum absolute atomic E-state index is 0.185. The predicted octanol–water partition coefficient (Wildman–Crippen LogP) is -0.856. The molecule has 0 aliphatic rings. The third kappa shape index (κ3) is 9.54. The van der Waals surface area contributed by atoms with Gasteiger partial charge in [0.2, 0.25) is 11.8 Å². The SMILES string of the molecule is CC[C@H](C)[C@H](N)C(=O)N[C@@H](CCC(=O)O)C(=O)N[C@@H](CCC(=O)O)C(=O)O. The number of carbonyl (C=O) groups excluding carboxylic acids is 2. The molecule has 7 N–H and O–H groups in total. The number of nitrogens with two attached hydrogens (primary N) is 1. The van der Waals surface area contributed by atoms with E-state index in [2.05, 4.69) is 10.6 Å². The Labute approximate surface area is 156 Å². The first-order valence-electron chi connectivity index (χ1n) is 8.52. The lowest BCUT2D eigenvalue weighted by molar-refractivity contribution is -0.144. The van der Waals surface area contributed by atoms with E-state index in [9.17, 15) is 24.0 Å². The molecule has 0 fully saturated rings. The molecule has 0 aliphatic heterocycles. The quantitative estimate of drug-likeness (QED) is 0.232. The molecular weight excluding hydrogens is 362 g/mol. The standard InChI is InChI=1S/C16H27N3O8/c1-3-8(2)13(17)15(25)18-9(4-6-11(20)21)14(24)19-10(16(26)27)5-7-12(22)23/h8-10,13H,3-7,17H2,1-2H3,(H,18,25)(H,19,24)(H,20,21)(H,22,23)(H,26,27)/t8-,9-,10-,13-/m0/s1. The maximum absolute atomic E-state index is 12.3. The van der Waals surface area contributed by atoms with Gasteiger partial charge in [-0.2, -0.15) is 0 Å². The van der Waals surface area contributed by atoms with Crippen LogP contribution in [0.25, 0.3) is 0 Å². The normalized spacial score (nSPS) is 15.1. The van der Waals surface area contributed by atoms with Crippen molar-refractivity contribution in [1.29, 1.82) is 0 Å². The lowest BCUT2D eigenvalue weighted by atomic mass is 9.98. The van der Waals surface area contributed by atoms with Crippen molar-refractivity contribution in [2.45, 2.75) is 64.1 Å². The third-order valence-electron chi connectivity index (χ3n) is 4.10. The summed E-state index contributed by atoms with van der Waals surface area (Å²) in [7, 11) is 0. The van der Waals surface area contributed by atoms with E-state index >= 15 is 0 Å². The molecule has 0 heterocycles. The molecule has 0 saturated heterocycles. The first kappa shape index (κ1) is 24.3. The number of rotatable bonds is 13. The van der Waals surface area contributed by atoms with Crippen molar-refractivity contribution < 1.29 is 39.3 Å². The van der Waals surface area contributed by atoms with Crippen LogP contribution in [0, 0.1) is 5.92 Å². The van der Waals surface area contributed by atoms with E-state index in [0.717, 1.165) is 0 Å². The van der Waals surface area contributed by atoms with Crippen molar-refractivity contribution in [2.75, 3.05) is 0 Å². The Morgan fingerprint density at radius 2 is 1.30 bits per heavy atom. The average molecular weight is 389 g/mol. The number of aliphatic carboxylic acids is 3. The molecule has 0 aliphatic carbocycles. The fourth-order valence-electron chi connectivity index (χ4n) is 2.11. The van der Waals surface area contributed by atoms with Crippen LogP contribution in [0.5, 0.6) is 0 Å². The number of nitrogens with one attached hydrogen (secondary N) is 2. The molecule has 0 aromatic heterocycles. The molecule has 0 rings (SSSR count). The molecule has 2 amide bonds. The summed E-state index contributed by atoms with van der Waals surface area (Å²) in [4.78, 5) is 57.1. The van der Waals surface area contributed by atoms with Crippen LogP contribution >= 0.6 is 0 Å². The molecule has 0 bridgehead atoms. The van der Waals surface area contributed by atoms with Gasteiger partial charge in [-0.3, -0.25) is 19.2 Å². The summed E-state index contributed by atoms with van der Waals surface area (Å²) in [5.41, 5.74) is 5.79. The Kier molecular flexibility index (Phi) is 10.7. The number of hydrogen-bond acceptors (Lipinski definition) is 6. The van der Waals surface area contributed by atoms with Gasteiger partial charge in [0.05, 0.1) is 6.04 Å². The highest BCUT2D eigenvalue weighted by Gasteiger charge is 2.29. The first-order valence-corrected chi connectivity index (χ1v) is 8.52. The van der Waals surface area contributed by atoms with Crippen LogP contribution in [-0.2, 0) is 24.0 Å². The molecule has 0 radical (unpaired) electrons. The second-order valence-corrected chi connectivity index (χ2v) is 6.24. The summed E-state index contributed by atoms with van der Waals surface area (Å²) >= 11 is 0. The molecule has 11 heteroatoms. The maximum Gasteiger partial charge on any atom is 0.326 e. The van der Waals surface area contributed by atoms with Crippen molar-refractivity contribution in [1.82, 2.24) is 10.6 Å². The number of carboxylic acids is 3. The first-order chi connectivity index (χ1) is 12.5. The van der Waals surface area contributed by atoms with Crippen LogP contribution in [0.15, 0.2) is 0 Å². The van der Waals surface area contributed by atoms with Crippen molar-refractivity contribution in [2.24, 2.45) is 11.7 Å². The van der Waals surface area contributed by atoms with Crippen molar-refractivity contribution >= 4 is 29.7 Å². The van der Waals surface area contributed by atoms with Gasteiger partial charge in [-0.15, -0.1) is 0 Å². The summed E-state index contributed by atoms with van der Waals surface area (Å²) in [5, 5.41) is 31.0. The molecular formula is C16H27N3O8. The maximum atomic E-state index is 12.3. The van der Waals surface area contributed by atoms with Crippen LogP contribution < -0.4 is 16.4 Å². The zero-order valence-electron chi connectivity index (χ0n) is 15.3. The monoisotopic (exact) mass is 389 g/mol. The molecule has 27 heavy (non-hydrogen) atoms. The van der Waals surface area contributed by atoms with Gasteiger partial charge in [0.1, 0.15) is 12.1 Å². The molecule has 0 saturated carbocycles. The lowest BCUT2D eigenvalue weighted by Crippen LogP contribution is -2.55. The summed E-state index contributed by atoms with van der Waals surface area (Å²) in [6.07, 6.45) is -0.948. The van der Waals surface area contributed by atoms with Gasteiger partial charge < -0.3 is 31.7 Å². The molecule has 0 aromatic rings. The molecule has 154 valence electrons. The van der Waals surface area contributed by atoms with E-state index < -0.39 is 60.7 Å². The molecule has 0 aromatic carbocycles. The van der Waals surface area contributed by atoms with Crippen molar-refractivity contribution in [3.8, 4) is 0 Å². The average Bonchev–Trinajstić information content (AvgIpc) is 2.59. The summed E-state index contributed by atoms with van der Waals surface area (Å²) in [5.74, 6) is -5.63. The lowest BCUT2D eigenvalue weighted by Gasteiger charge is -2.24. The largest absolute Gasteiger partial charge is 0.481 e. The minimum Gasteiger partial charge on any atom is -0.481 e. The van der Waals surface area contributed by atoms with E-state index in [-0.39, 0.29) is 18.8 Å². The van der Waals surface area contributed by atoms with Gasteiger partial charge >= 0.3 is 17.9 Å². The van der Waals surface area contributed by atoms with E-state index in [4.69, 9.17) is 21.1 Å². The van der Waals surface area contributed by atoms with E-state index in [0.29, 0.717) is 6.42 Å². The molecule has 0 unspecified atom stereocenters. The zero-order valence-corrected chi connectivity index (χ0v) is 15.3. The number of amides is 2. The highest BCUT2D eigenvalue weighted by atomic mass is 16.4. The Morgan fingerprint density at radius 3 is 1.70 bits per heavy atom. The Bertz CT molecular complexity index is 566. The van der Waals surface area contributed by atoms with Crippen LogP contribution in [0.2, 0.25) is 0 Å². The van der Waals surface area contributed by atoms with Crippen LogP contribution in [0.3, 0.4) is 0 Å². The van der Waals surface area contributed by atoms with Gasteiger partial charge in [0.25, 0.3) is 0 Å². The Morgan fingerprint density at radius 1 is 0.852 bits per heavy atom. The van der Waals surface area contributed by atoms with Gasteiger partial charge in [0.15, 0.2) is 0 Å². The van der Waals surface area contributed by atoms with E-state index in [1.165, 1.54) is 0 Å². The third-order valence-corrected chi connectivity index (χ3v) is 4.10. The summed E-state index contributed by atoms with van der Waals surface area (Å²) in [6.45, 7) is 3.56. The molecule has 0 spiro atoms. The van der Waals surface area contributed by atoms with Gasteiger partial charge in [-0.25, -0.2) is 4.79 Å². The number of hydrogen-bond donors (Lipinski definition) is 6. The molecule has 11 nitrogen and oxygen atoms in total. The second-order valence-electron chi connectivity index (χ2n) is 6.24. The number of carbonyl (C=O) groups is 5. The smallest absolute Gasteiger partial charge is 0.326 e. The summed E-state index contributed by atoms with van der Waals surface area (Å²) < 4.78 is 0. The highest BCUT2D eigenvalue weighted by Crippen LogP contribution is 2.07. The van der Waals surface area contributed by atoms with E-state index in [1.807, 2.05) is 6.92 Å². The Balaban J connectivity index is 5.15.